The van der Waals surface area contributed by atoms with Crippen LogP contribution in [0, 0.1) is 5.92 Å². The van der Waals surface area contributed by atoms with Crippen LogP contribution in [0.5, 0.6) is 5.75 Å². The molecule has 1 aromatic rings. The van der Waals surface area contributed by atoms with Crippen LogP contribution in [-0.2, 0) is 24.3 Å². The predicted molar refractivity (Wildman–Crippen MR) is 102 cm³/mol. The summed E-state index contributed by atoms with van der Waals surface area (Å²) >= 11 is 0. The monoisotopic (exact) mass is 402 g/mol. The lowest BCUT2D eigenvalue weighted by Crippen LogP contribution is -2.52. The molecule has 1 amide bonds. The number of nitrogens with one attached hydrogen (secondary N) is 1. The molecule has 0 aromatic heterocycles. The number of methoxy groups -OCH3 is 3. The maximum atomic E-state index is 13.0. The number of benzene rings is 1. The van der Waals surface area contributed by atoms with Gasteiger partial charge in [0.05, 0.1) is 25.2 Å². The molecule has 0 aliphatic carbocycles. The summed E-state index contributed by atoms with van der Waals surface area (Å²) in [5.74, 6) is 0.00467. The van der Waals surface area contributed by atoms with Gasteiger partial charge in [0.25, 0.3) is 0 Å². The standard InChI is InChI=1S/C18H30N2O6S/c1-14(2)17(18(21)20(10-12-24-3)11-13-25-4)19-27(22,23)16-8-6-15(26-5)7-9-16/h6-9,14,17,19H,10-13H2,1-5H3. The highest BCUT2D eigenvalue weighted by atomic mass is 32.2. The molecule has 0 saturated carbocycles. The van der Waals surface area contributed by atoms with Crippen LogP contribution in [0.2, 0.25) is 0 Å². The molecule has 0 heterocycles. The van der Waals surface area contributed by atoms with Crippen LogP contribution in [-0.4, -0.2) is 72.9 Å². The molecule has 0 saturated heterocycles. The van der Waals surface area contributed by atoms with Crippen molar-refractivity contribution in [3.63, 3.8) is 0 Å². The van der Waals surface area contributed by atoms with E-state index >= 15 is 0 Å². The Hall–Kier alpha value is -1.68. The summed E-state index contributed by atoms with van der Waals surface area (Å²) in [6.45, 7) is 5.00. The lowest BCUT2D eigenvalue weighted by molar-refractivity contribution is -0.135. The van der Waals surface area contributed by atoms with E-state index in [9.17, 15) is 13.2 Å². The number of rotatable bonds is 12. The van der Waals surface area contributed by atoms with Crippen molar-refractivity contribution in [2.75, 3.05) is 47.6 Å². The van der Waals surface area contributed by atoms with E-state index in [-0.39, 0.29) is 16.7 Å². The number of carbonyl (C=O) groups excluding carboxylic acids is 1. The molecule has 1 atom stereocenters. The van der Waals surface area contributed by atoms with E-state index in [2.05, 4.69) is 4.72 Å². The summed E-state index contributed by atoms with van der Waals surface area (Å²) in [6, 6.07) is 5.10. The molecule has 9 heteroatoms. The molecule has 1 rings (SSSR count). The van der Waals surface area contributed by atoms with Gasteiger partial charge in [-0.3, -0.25) is 4.79 Å². The Balaban J connectivity index is 3.01. The molecule has 1 aromatic carbocycles. The van der Waals surface area contributed by atoms with Crippen molar-refractivity contribution in [3.8, 4) is 5.75 Å². The Morgan fingerprint density at radius 2 is 1.56 bits per heavy atom. The first-order valence-electron chi connectivity index (χ1n) is 8.69. The van der Waals surface area contributed by atoms with Crippen LogP contribution in [0.3, 0.4) is 0 Å². The molecule has 0 aliphatic heterocycles. The lowest BCUT2D eigenvalue weighted by Gasteiger charge is -2.29. The third-order valence-corrected chi connectivity index (χ3v) is 5.48. The van der Waals surface area contributed by atoms with E-state index in [4.69, 9.17) is 14.2 Å². The molecule has 0 aliphatic rings. The molecule has 0 radical (unpaired) electrons. The maximum absolute atomic E-state index is 13.0. The minimum atomic E-state index is -3.86. The average molecular weight is 403 g/mol. The second-order valence-corrected chi connectivity index (χ2v) is 8.04. The second-order valence-electron chi connectivity index (χ2n) is 6.33. The fraction of sp³-hybridized carbons (Fsp3) is 0.611. The topological polar surface area (TPSA) is 94.2 Å². The van der Waals surface area contributed by atoms with E-state index < -0.39 is 16.1 Å². The van der Waals surface area contributed by atoms with Crippen molar-refractivity contribution in [2.45, 2.75) is 24.8 Å². The van der Waals surface area contributed by atoms with Crippen LogP contribution < -0.4 is 9.46 Å². The summed E-state index contributed by atoms with van der Waals surface area (Å²) in [6.07, 6.45) is 0. The van der Waals surface area contributed by atoms with Gasteiger partial charge < -0.3 is 19.1 Å². The first kappa shape index (κ1) is 23.4. The van der Waals surface area contributed by atoms with Crippen molar-refractivity contribution in [1.82, 2.24) is 9.62 Å². The van der Waals surface area contributed by atoms with E-state index in [0.29, 0.717) is 32.1 Å². The van der Waals surface area contributed by atoms with Crippen molar-refractivity contribution < 1.29 is 27.4 Å². The zero-order chi connectivity index (χ0) is 20.4. The van der Waals surface area contributed by atoms with Crippen molar-refractivity contribution in [3.05, 3.63) is 24.3 Å². The minimum absolute atomic E-state index is 0.0714. The fourth-order valence-corrected chi connectivity index (χ4v) is 3.73. The summed E-state index contributed by atoms with van der Waals surface area (Å²) in [5.41, 5.74) is 0. The van der Waals surface area contributed by atoms with Crippen LogP contribution in [0.4, 0.5) is 0 Å². The van der Waals surface area contributed by atoms with Crippen molar-refractivity contribution in [2.24, 2.45) is 5.92 Å². The van der Waals surface area contributed by atoms with E-state index in [1.54, 1.807) is 45.1 Å². The number of hydrogen-bond acceptors (Lipinski definition) is 6. The molecule has 27 heavy (non-hydrogen) atoms. The smallest absolute Gasteiger partial charge is 0.241 e. The summed E-state index contributed by atoms with van der Waals surface area (Å²) in [5, 5.41) is 0. The number of nitrogens with zero attached hydrogens (tertiary/aromatic N) is 1. The molecular formula is C18H30N2O6S. The number of amides is 1. The molecule has 1 N–H and O–H groups in total. The first-order valence-corrected chi connectivity index (χ1v) is 10.2. The quantitative estimate of drug-likeness (QED) is 0.563. The molecular weight excluding hydrogens is 372 g/mol. The highest BCUT2D eigenvalue weighted by Gasteiger charge is 2.31. The number of carbonyl (C=O) groups is 1. The van der Waals surface area contributed by atoms with Gasteiger partial charge in [-0.05, 0) is 30.2 Å². The molecule has 154 valence electrons. The third kappa shape index (κ3) is 7.10. The number of sulfonamides is 1. The van der Waals surface area contributed by atoms with Gasteiger partial charge in [-0.2, -0.15) is 4.72 Å². The average Bonchev–Trinajstić information content (AvgIpc) is 2.65. The van der Waals surface area contributed by atoms with Gasteiger partial charge in [0.2, 0.25) is 15.9 Å². The summed E-state index contributed by atoms with van der Waals surface area (Å²) in [7, 11) is 0.733. The Kier molecular flexibility index (Phi) is 9.71. The van der Waals surface area contributed by atoms with Gasteiger partial charge in [0.1, 0.15) is 11.8 Å². The van der Waals surface area contributed by atoms with Crippen LogP contribution in [0.15, 0.2) is 29.2 Å². The van der Waals surface area contributed by atoms with Gasteiger partial charge in [-0.1, -0.05) is 13.8 Å². The zero-order valence-corrected chi connectivity index (χ0v) is 17.4. The molecule has 0 spiro atoms. The van der Waals surface area contributed by atoms with Crippen molar-refractivity contribution >= 4 is 15.9 Å². The normalized spacial score (nSPS) is 12.8. The summed E-state index contributed by atoms with van der Waals surface area (Å²) in [4.78, 5) is 14.6. The molecule has 1 unspecified atom stereocenters. The van der Waals surface area contributed by atoms with E-state index in [0.717, 1.165) is 0 Å². The zero-order valence-electron chi connectivity index (χ0n) is 16.6. The molecule has 8 nitrogen and oxygen atoms in total. The summed E-state index contributed by atoms with van der Waals surface area (Å²) < 4.78 is 43.1. The van der Waals surface area contributed by atoms with Crippen LogP contribution in [0.25, 0.3) is 0 Å². The van der Waals surface area contributed by atoms with Gasteiger partial charge in [-0.15, -0.1) is 0 Å². The van der Waals surface area contributed by atoms with E-state index in [1.165, 1.54) is 19.2 Å². The lowest BCUT2D eigenvalue weighted by atomic mass is 10.0. The van der Waals surface area contributed by atoms with E-state index in [1.807, 2.05) is 0 Å². The maximum Gasteiger partial charge on any atom is 0.241 e. The minimum Gasteiger partial charge on any atom is -0.497 e. The largest absolute Gasteiger partial charge is 0.497 e. The highest BCUT2D eigenvalue weighted by Crippen LogP contribution is 2.17. The van der Waals surface area contributed by atoms with Crippen LogP contribution >= 0.6 is 0 Å². The van der Waals surface area contributed by atoms with Crippen LogP contribution in [0.1, 0.15) is 13.8 Å². The Morgan fingerprint density at radius 1 is 1.04 bits per heavy atom. The fourth-order valence-electron chi connectivity index (χ4n) is 2.39. The predicted octanol–water partition coefficient (Wildman–Crippen LogP) is 1.12. The van der Waals surface area contributed by atoms with Gasteiger partial charge in [0.15, 0.2) is 0 Å². The first-order chi connectivity index (χ1) is 12.8. The SMILES string of the molecule is COCCN(CCOC)C(=O)C(NS(=O)(=O)c1ccc(OC)cc1)C(C)C. The Labute approximate surface area is 161 Å². The van der Waals surface area contributed by atoms with Gasteiger partial charge in [0, 0.05) is 27.3 Å². The van der Waals surface area contributed by atoms with Gasteiger partial charge in [-0.25, -0.2) is 8.42 Å². The molecule has 0 fully saturated rings. The molecule has 0 bridgehead atoms. The van der Waals surface area contributed by atoms with Gasteiger partial charge >= 0.3 is 0 Å². The third-order valence-electron chi connectivity index (χ3n) is 4.03. The highest BCUT2D eigenvalue weighted by molar-refractivity contribution is 7.89. The number of ether oxygens (including phenoxy) is 3. The second kappa shape index (κ2) is 11.2. The Bertz CT molecular complexity index is 668. The van der Waals surface area contributed by atoms with Crippen molar-refractivity contribution in [1.29, 1.82) is 0 Å². The Morgan fingerprint density at radius 3 is 1.96 bits per heavy atom. The number of hydrogen-bond donors (Lipinski definition) is 1.